The number of benzene rings is 1. The number of rotatable bonds is 5. The van der Waals surface area contributed by atoms with E-state index in [1.165, 1.54) is 17.7 Å². The molecule has 1 atom stereocenters. The smallest absolute Gasteiger partial charge is 0.349 e. The van der Waals surface area contributed by atoms with Crippen LogP contribution in [0.4, 0.5) is 0 Å². The average Bonchev–Trinajstić information content (AvgIpc) is 3.23. The molecule has 1 aliphatic rings. The Bertz CT molecular complexity index is 1000. The van der Waals surface area contributed by atoms with Crippen molar-refractivity contribution in [1.82, 2.24) is 10.2 Å². The Hall–Kier alpha value is -2.44. The summed E-state index contributed by atoms with van der Waals surface area (Å²) >= 11 is 1.70. The number of para-hydroxylation sites is 1. The number of hydrogen-bond acceptors (Lipinski definition) is 5. The molecule has 1 aliphatic heterocycles. The molecular weight excluding hydrogens is 372 g/mol. The van der Waals surface area contributed by atoms with Gasteiger partial charge in [-0.15, -0.1) is 11.3 Å². The van der Waals surface area contributed by atoms with E-state index in [4.69, 9.17) is 4.42 Å². The summed E-state index contributed by atoms with van der Waals surface area (Å²) in [7, 11) is 0. The SMILES string of the molecule is CC1CCN([C@@H](CNC(=O)c2cc3ccccc3oc2=O)c2cccs2)CC1. The van der Waals surface area contributed by atoms with Crippen molar-refractivity contribution in [3.8, 4) is 0 Å². The first-order chi connectivity index (χ1) is 13.6. The van der Waals surface area contributed by atoms with Crippen LogP contribution in [0.5, 0.6) is 0 Å². The van der Waals surface area contributed by atoms with Gasteiger partial charge in [0.15, 0.2) is 0 Å². The third-order valence-electron chi connectivity index (χ3n) is 5.47. The summed E-state index contributed by atoms with van der Waals surface area (Å²) in [6.07, 6.45) is 2.34. The predicted molar refractivity (Wildman–Crippen MR) is 112 cm³/mol. The van der Waals surface area contributed by atoms with Crippen LogP contribution in [0.25, 0.3) is 11.0 Å². The van der Waals surface area contributed by atoms with E-state index in [2.05, 4.69) is 28.6 Å². The van der Waals surface area contributed by atoms with Crippen molar-refractivity contribution >= 4 is 28.2 Å². The first-order valence-corrected chi connectivity index (χ1v) is 10.6. The lowest BCUT2D eigenvalue weighted by Crippen LogP contribution is -2.42. The van der Waals surface area contributed by atoms with Crippen molar-refractivity contribution in [1.29, 1.82) is 0 Å². The molecule has 0 aliphatic carbocycles. The fraction of sp³-hybridized carbons (Fsp3) is 0.364. The quantitative estimate of drug-likeness (QED) is 0.661. The number of thiophene rings is 1. The van der Waals surface area contributed by atoms with E-state index in [-0.39, 0.29) is 17.5 Å². The number of fused-ring (bicyclic) bond motifs is 1. The number of amides is 1. The van der Waals surface area contributed by atoms with Crippen molar-refractivity contribution in [2.45, 2.75) is 25.8 Å². The van der Waals surface area contributed by atoms with Crippen LogP contribution in [0.15, 0.2) is 57.1 Å². The Morgan fingerprint density at radius 2 is 2.04 bits per heavy atom. The number of hydrogen-bond donors (Lipinski definition) is 1. The number of piperidine rings is 1. The summed E-state index contributed by atoms with van der Waals surface area (Å²) in [5.41, 5.74) is -0.0606. The van der Waals surface area contributed by atoms with E-state index in [1.54, 1.807) is 29.5 Å². The Morgan fingerprint density at radius 1 is 1.25 bits per heavy atom. The molecule has 6 heteroatoms. The largest absolute Gasteiger partial charge is 0.422 e. The fourth-order valence-corrected chi connectivity index (χ4v) is 4.60. The lowest BCUT2D eigenvalue weighted by molar-refractivity contribution is 0.0911. The van der Waals surface area contributed by atoms with Crippen LogP contribution < -0.4 is 10.9 Å². The average molecular weight is 397 g/mol. The van der Waals surface area contributed by atoms with Crippen LogP contribution in [-0.4, -0.2) is 30.4 Å². The molecule has 2 aromatic heterocycles. The molecule has 3 heterocycles. The third kappa shape index (κ3) is 4.03. The topological polar surface area (TPSA) is 62.6 Å². The minimum atomic E-state index is -0.601. The molecular formula is C22H24N2O3S. The predicted octanol–water partition coefficient (Wildman–Crippen LogP) is 4.06. The molecule has 1 amide bonds. The van der Waals surface area contributed by atoms with Crippen molar-refractivity contribution < 1.29 is 9.21 Å². The molecule has 146 valence electrons. The lowest BCUT2D eigenvalue weighted by atomic mass is 9.97. The van der Waals surface area contributed by atoms with Crippen LogP contribution >= 0.6 is 11.3 Å². The monoisotopic (exact) mass is 396 g/mol. The summed E-state index contributed by atoms with van der Waals surface area (Å²) in [5.74, 6) is 0.364. The third-order valence-corrected chi connectivity index (χ3v) is 6.45. The van der Waals surface area contributed by atoms with Gasteiger partial charge < -0.3 is 9.73 Å². The standard InChI is InChI=1S/C22H24N2O3S/c1-15-8-10-24(11-9-15)18(20-7-4-12-28-20)14-23-21(25)17-13-16-5-2-3-6-19(16)27-22(17)26/h2-7,12-13,15,18H,8-11,14H2,1H3,(H,23,25)/t18-/m0/s1. The van der Waals surface area contributed by atoms with Gasteiger partial charge in [0.05, 0.1) is 6.04 Å². The van der Waals surface area contributed by atoms with E-state index in [0.717, 1.165) is 24.4 Å². The zero-order valence-corrected chi connectivity index (χ0v) is 16.7. The van der Waals surface area contributed by atoms with Crippen molar-refractivity contribution in [3.63, 3.8) is 0 Å². The highest BCUT2D eigenvalue weighted by Gasteiger charge is 2.26. The molecule has 1 saturated heterocycles. The minimum Gasteiger partial charge on any atom is -0.422 e. The second-order valence-corrected chi connectivity index (χ2v) is 8.42. The summed E-state index contributed by atoms with van der Waals surface area (Å²) in [6, 6.07) is 13.1. The minimum absolute atomic E-state index is 0.0518. The normalized spacial score (nSPS) is 16.9. The lowest BCUT2D eigenvalue weighted by Gasteiger charge is -2.36. The number of nitrogens with zero attached hydrogens (tertiary/aromatic N) is 1. The van der Waals surface area contributed by atoms with Gasteiger partial charge >= 0.3 is 5.63 Å². The highest BCUT2D eigenvalue weighted by molar-refractivity contribution is 7.10. The van der Waals surface area contributed by atoms with Crippen molar-refractivity contribution in [2.75, 3.05) is 19.6 Å². The van der Waals surface area contributed by atoms with Gasteiger partial charge in [-0.05, 0) is 55.4 Å². The van der Waals surface area contributed by atoms with E-state index in [9.17, 15) is 9.59 Å². The van der Waals surface area contributed by atoms with Gasteiger partial charge in [0.1, 0.15) is 11.1 Å². The van der Waals surface area contributed by atoms with Crippen molar-refractivity contribution in [3.05, 3.63) is 68.7 Å². The van der Waals surface area contributed by atoms with E-state index in [1.807, 2.05) is 18.2 Å². The molecule has 4 rings (SSSR count). The first-order valence-electron chi connectivity index (χ1n) is 9.70. The second-order valence-electron chi connectivity index (χ2n) is 7.45. The van der Waals surface area contributed by atoms with Gasteiger partial charge in [0, 0.05) is 16.8 Å². The number of carbonyl (C=O) groups excluding carboxylic acids is 1. The molecule has 0 saturated carbocycles. The van der Waals surface area contributed by atoms with E-state index < -0.39 is 5.63 Å². The van der Waals surface area contributed by atoms with E-state index >= 15 is 0 Å². The highest BCUT2D eigenvalue weighted by Crippen LogP contribution is 2.29. The zero-order chi connectivity index (χ0) is 19.5. The van der Waals surface area contributed by atoms with Gasteiger partial charge in [0.2, 0.25) is 0 Å². The molecule has 5 nitrogen and oxygen atoms in total. The van der Waals surface area contributed by atoms with Crippen LogP contribution in [0, 0.1) is 5.92 Å². The Morgan fingerprint density at radius 3 is 2.79 bits per heavy atom. The van der Waals surface area contributed by atoms with Crippen LogP contribution in [0.3, 0.4) is 0 Å². The van der Waals surface area contributed by atoms with Crippen molar-refractivity contribution in [2.24, 2.45) is 5.92 Å². The summed E-state index contributed by atoms with van der Waals surface area (Å²) in [6.45, 7) is 4.81. The molecule has 0 bridgehead atoms. The Labute approximate surface area is 168 Å². The fourth-order valence-electron chi connectivity index (χ4n) is 3.74. The highest BCUT2D eigenvalue weighted by atomic mass is 32.1. The number of carbonyl (C=O) groups is 1. The van der Waals surface area contributed by atoms with Crippen LogP contribution in [0.2, 0.25) is 0 Å². The number of likely N-dealkylation sites (tertiary alicyclic amines) is 1. The van der Waals surface area contributed by atoms with Crippen LogP contribution in [-0.2, 0) is 0 Å². The van der Waals surface area contributed by atoms with Gasteiger partial charge in [-0.3, -0.25) is 9.69 Å². The van der Waals surface area contributed by atoms with Gasteiger partial charge in [-0.2, -0.15) is 0 Å². The Kier molecular flexibility index (Phi) is 5.59. The number of nitrogens with one attached hydrogen (secondary N) is 1. The second kappa shape index (κ2) is 8.29. The first kappa shape index (κ1) is 18.9. The Balaban J connectivity index is 1.51. The molecule has 1 fully saturated rings. The molecule has 0 unspecified atom stereocenters. The molecule has 1 N–H and O–H groups in total. The van der Waals surface area contributed by atoms with Crippen LogP contribution in [0.1, 0.15) is 41.0 Å². The zero-order valence-electron chi connectivity index (χ0n) is 15.9. The van der Waals surface area contributed by atoms with Gasteiger partial charge in [0.25, 0.3) is 5.91 Å². The molecule has 0 spiro atoms. The maximum atomic E-state index is 12.7. The maximum absolute atomic E-state index is 12.7. The van der Waals surface area contributed by atoms with Gasteiger partial charge in [-0.1, -0.05) is 31.2 Å². The van der Waals surface area contributed by atoms with Gasteiger partial charge in [-0.25, -0.2) is 4.79 Å². The molecule has 3 aromatic rings. The summed E-state index contributed by atoms with van der Waals surface area (Å²) < 4.78 is 5.30. The molecule has 0 radical (unpaired) electrons. The summed E-state index contributed by atoms with van der Waals surface area (Å²) in [5, 5.41) is 5.77. The van der Waals surface area contributed by atoms with E-state index in [0.29, 0.717) is 12.1 Å². The maximum Gasteiger partial charge on any atom is 0.349 e. The molecule has 1 aromatic carbocycles. The summed E-state index contributed by atoms with van der Waals surface area (Å²) in [4.78, 5) is 28.7. The molecule has 28 heavy (non-hydrogen) atoms.